The maximum Gasteiger partial charge on any atom is 0.240 e. The number of hydrogen-bond acceptors (Lipinski definition) is 2. The summed E-state index contributed by atoms with van der Waals surface area (Å²) >= 11 is 6.10. The highest BCUT2D eigenvalue weighted by Crippen LogP contribution is 2.17. The average Bonchev–Trinajstić information content (AvgIpc) is 2.36. The van der Waals surface area contributed by atoms with Crippen LogP contribution in [0.2, 0.25) is 5.02 Å². The van der Waals surface area contributed by atoms with E-state index in [4.69, 9.17) is 17.3 Å². The summed E-state index contributed by atoms with van der Waals surface area (Å²) < 4.78 is 0. The van der Waals surface area contributed by atoms with Gasteiger partial charge in [-0.1, -0.05) is 43.6 Å². The third kappa shape index (κ3) is 3.72. The Morgan fingerprint density at radius 2 is 2.00 bits per heavy atom. The van der Waals surface area contributed by atoms with Crippen LogP contribution in [0, 0.1) is 5.92 Å². The molecule has 1 amide bonds. The number of nitrogens with zero attached hydrogens (tertiary/aromatic N) is 1. The molecule has 0 aromatic heterocycles. The zero-order valence-corrected chi connectivity index (χ0v) is 11.9. The van der Waals surface area contributed by atoms with Gasteiger partial charge in [-0.15, -0.1) is 0 Å². The Kier molecular flexibility index (Phi) is 5.63. The van der Waals surface area contributed by atoms with Crippen molar-refractivity contribution >= 4 is 17.5 Å². The quantitative estimate of drug-likeness (QED) is 0.892. The second kappa shape index (κ2) is 6.76. The molecule has 0 bridgehead atoms. The van der Waals surface area contributed by atoms with Crippen molar-refractivity contribution in [2.75, 3.05) is 6.54 Å². The fourth-order valence-electron chi connectivity index (χ4n) is 1.67. The van der Waals surface area contributed by atoms with E-state index in [-0.39, 0.29) is 11.8 Å². The van der Waals surface area contributed by atoms with Crippen LogP contribution >= 0.6 is 11.6 Å². The van der Waals surface area contributed by atoms with Crippen molar-refractivity contribution in [2.24, 2.45) is 11.7 Å². The van der Waals surface area contributed by atoms with Crippen LogP contribution in [-0.4, -0.2) is 23.4 Å². The van der Waals surface area contributed by atoms with E-state index in [0.29, 0.717) is 18.1 Å². The fraction of sp³-hybridized carbons (Fsp3) is 0.500. The van der Waals surface area contributed by atoms with Crippen molar-refractivity contribution in [3.8, 4) is 0 Å². The van der Waals surface area contributed by atoms with Crippen LogP contribution in [0.1, 0.15) is 26.3 Å². The Bertz CT molecular complexity index is 407. The van der Waals surface area contributed by atoms with E-state index in [1.807, 2.05) is 45.0 Å². The van der Waals surface area contributed by atoms with Gasteiger partial charge < -0.3 is 10.6 Å². The lowest BCUT2D eigenvalue weighted by Gasteiger charge is -2.26. The molecule has 1 rings (SSSR count). The van der Waals surface area contributed by atoms with Gasteiger partial charge >= 0.3 is 0 Å². The van der Waals surface area contributed by atoms with E-state index in [1.165, 1.54) is 0 Å². The van der Waals surface area contributed by atoms with Gasteiger partial charge in [0.15, 0.2) is 0 Å². The molecule has 0 heterocycles. The summed E-state index contributed by atoms with van der Waals surface area (Å²) in [5.41, 5.74) is 6.85. The van der Waals surface area contributed by atoms with Gasteiger partial charge in [-0.05, 0) is 24.5 Å². The number of nitrogens with two attached hydrogens (primary N) is 1. The zero-order chi connectivity index (χ0) is 13.7. The molecule has 0 unspecified atom stereocenters. The Balaban J connectivity index is 2.80. The van der Waals surface area contributed by atoms with Crippen LogP contribution < -0.4 is 5.73 Å². The number of benzene rings is 1. The van der Waals surface area contributed by atoms with Gasteiger partial charge in [0.2, 0.25) is 5.91 Å². The van der Waals surface area contributed by atoms with Gasteiger partial charge in [0.25, 0.3) is 0 Å². The van der Waals surface area contributed by atoms with Crippen LogP contribution in [0.4, 0.5) is 0 Å². The third-order valence-electron chi connectivity index (χ3n) is 3.02. The Labute approximate surface area is 114 Å². The largest absolute Gasteiger partial charge is 0.337 e. The molecule has 1 aromatic carbocycles. The smallest absolute Gasteiger partial charge is 0.240 e. The maximum absolute atomic E-state index is 12.2. The van der Waals surface area contributed by atoms with E-state index >= 15 is 0 Å². The molecule has 0 spiro atoms. The van der Waals surface area contributed by atoms with E-state index in [2.05, 4.69) is 0 Å². The van der Waals surface area contributed by atoms with Crippen molar-refractivity contribution in [2.45, 2.75) is 33.4 Å². The second-order valence-corrected chi connectivity index (χ2v) is 5.12. The topological polar surface area (TPSA) is 46.3 Å². The summed E-state index contributed by atoms with van der Waals surface area (Å²) in [5.74, 6) is 0.116. The molecule has 0 radical (unpaired) electrons. The minimum Gasteiger partial charge on any atom is -0.337 e. The lowest BCUT2D eigenvalue weighted by molar-refractivity contribution is -0.134. The molecule has 100 valence electrons. The Hall–Kier alpha value is -1.06. The SMILES string of the molecule is CCN(Cc1ccccc1Cl)C(=O)[C@@H](N)C(C)C. The van der Waals surface area contributed by atoms with Gasteiger partial charge in [-0.2, -0.15) is 0 Å². The predicted octanol–water partition coefficient (Wildman–Crippen LogP) is 2.67. The van der Waals surface area contributed by atoms with Crippen LogP contribution in [0.15, 0.2) is 24.3 Å². The molecule has 0 aliphatic carbocycles. The number of carbonyl (C=O) groups excluding carboxylic acids is 1. The number of likely N-dealkylation sites (N-methyl/N-ethyl adjacent to an activating group) is 1. The Morgan fingerprint density at radius 3 is 2.50 bits per heavy atom. The fourth-order valence-corrected chi connectivity index (χ4v) is 1.87. The second-order valence-electron chi connectivity index (χ2n) is 4.71. The molecule has 0 saturated heterocycles. The number of hydrogen-bond donors (Lipinski definition) is 1. The lowest BCUT2D eigenvalue weighted by Crippen LogP contribution is -2.46. The number of rotatable bonds is 5. The Morgan fingerprint density at radius 1 is 1.39 bits per heavy atom. The normalized spacial score (nSPS) is 12.6. The molecule has 18 heavy (non-hydrogen) atoms. The molecule has 4 heteroatoms. The van der Waals surface area contributed by atoms with Crippen LogP contribution in [-0.2, 0) is 11.3 Å². The standard InChI is InChI=1S/C14H21ClN2O/c1-4-17(14(18)13(16)10(2)3)9-11-7-5-6-8-12(11)15/h5-8,10,13H,4,9,16H2,1-3H3/t13-/m0/s1. The van der Waals surface area contributed by atoms with Crippen LogP contribution in [0.5, 0.6) is 0 Å². The highest BCUT2D eigenvalue weighted by molar-refractivity contribution is 6.31. The zero-order valence-electron chi connectivity index (χ0n) is 11.2. The number of carbonyl (C=O) groups is 1. The first-order chi connectivity index (χ1) is 8.47. The monoisotopic (exact) mass is 268 g/mol. The lowest BCUT2D eigenvalue weighted by atomic mass is 10.0. The highest BCUT2D eigenvalue weighted by Gasteiger charge is 2.22. The van der Waals surface area contributed by atoms with Gasteiger partial charge in [0.1, 0.15) is 0 Å². The molecular formula is C14H21ClN2O. The summed E-state index contributed by atoms with van der Waals surface area (Å²) in [6.07, 6.45) is 0. The van der Waals surface area contributed by atoms with Crippen molar-refractivity contribution < 1.29 is 4.79 Å². The predicted molar refractivity (Wildman–Crippen MR) is 75.4 cm³/mol. The first-order valence-electron chi connectivity index (χ1n) is 6.25. The minimum absolute atomic E-state index is 0.0209. The van der Waals surface area contributed by atoms with Gasteiger partial charge in [-0.3, -0.25) is 4.79 Å². The molecule has 0 aliphatic rings. The first-order valence-corrected chi connectivity index (χ1v) is 6.63. The molecular weight excluding hydrogens is 248 g/mol. The molecule has 0 fully saturated rings. The van der Waals surface area contributed by atoms with E-state index in [1.54, 1.807) is 4.90 Å². The van der Waals surface area contributed by atoms with E-state index in [0.717, 1.165) is 5.56 Å². The van der Waals surface area contributed by atoms with Gasteiger partial charge in [-0.25, -0.2) is 0 Å². The minimum atomic E-state index is -0.451. The molecule has 1 atom stereocenters. The van der Waals surface area contributed by atoms with Crippen molar-refractivity contribution in [1.29, 1.82) is 0 Å². The summed E-state index contributed by atoms with van der Waals surface area (Å²) in [6.45, 7) is 6.99. The van der Waals surface area contributed by atoms with Crippen LogP contribution in [0.3, 0.4) is 0 Å². The van der Waals surface area contributed by atoms with Crippen molar-refractivity contribution in [1.82, 2.24) is 4.90 Å². The number of amides is 1. The molecule has 0 aliphatic heterocycles. The summed E-state index contributed by atoms with van der Waals surface area (Å²) in [5, 5.41) is 0.682. The van der Waals surface area contributed by atoms with Gasteiger partial charge in [0, 0.05) is 18.1 Å². The molecule has 2 N–H and O–H groups in total. The average molecular weight is 269 g/mol. The van der Waals surface area contributed by atoms with Crippen molar-refractivity contribution in [3.05, 3.63) is 34.9 Å². The van der Waals surface area contributed by atoms with Crippen molar-refractivity contribution in [3.63, 3.8) is 0 Å². The maximum atomic E-state index is 12.2. The molecule has 0 saturated carbocycles. The molecule has 3 nitrogen and oxygen atoms in total. The summed E-state index contributed by atoms with van der Waals surface area (Å²) in [7, 11) is 0. The van der Waals surface area contributed by atoms with Crippen LogP contribution in [0.25, 0.3) is 0 Å². The van der Waals surface area contributed by atoms with E-state index < -0.39 is 6.04 Å². The van der Waals surface area contributed by atoms with E-state index in [9.17, 15) is 4.79 Å². The summed E-state index contributed by atoms with van der Waals surface area (Å²) in [4.78, 5) is 13.9. The van der Waals surface area contributed by atoms with Gasteiger partial charge in [0.05, 0.1) is 6.04 Å². The number of halogens is 1. The summed E-state index contributed by atoms with van der Waals surface area (Å²) in [6, 6.07) is 7.11. The molecule has 1 aromatic rings. The highest BCUT2D eigenvalue weighted by atomic mass is 35.5. The third-order valence-corrected chi connectivity index (χ3v) is 3.38. The first kappa shape index (κ1) is 15.0.